The molecule has 1 aliphatic rings. The molecule has 1 unspecified atom stereocenters. The zero-order valence-corrected chi connectivity index (χ0v) is 19.4. The van der Waals surface area contributed by atoms with E-state index in [1.807, 2.05) is 0 Å². The lowest BCUT2D eigenvalue weighted by Gasteiger charge is -2.36. The molecule has 1 aliphatic heterocycles. The first-order valence-corrected chi connectivity index (χ1v) is 12.1. The topological polar surface area (TPSA) is 128 Å². The third kappa shape index (κ3) is 5.18. The summed E-state index contributed by atoms with van der Waals surface area (Å²) in [6.07, 6.45) is 1.59. The van der Waals surface area contributed by atoms with Crippen molar-refractivity contribution < 1.29 is 27.5 Å². The lowest BCUT2D eigenvalue weighted by atomic mass is 10.00. The highest BCUT2D eigenvalue weighted by molar-refractivity contribution is 7.89. The van der Waals surface area contributed by atoms with Gasteiger partial charge in [-0.2, -0.15) is 0 Å². The molecular formula is C25H23N3O6S. The van der Waals surface area contributed by atoms with Crippen LogP contribution in [-0.2, 0) is 19.6 Å². The van der Waals surface area contributed by atoms with Gasteiger partial charge in [0, 0.05) is 0 Å². The molecule has 35 heavy (non-hydrogen) atoms. The molecular weight excluding hydrogens is 470 g/mol. The Morgan fingerprint density at radius 2 is 1.69 bits per heavy atom. The fourth-order valence-electron chi connectivity index (χ4n) is 3.72. The van der Waals surface area contributed by atoms with E-state index in [0.29, 0.717) is 22.7 Å². The minimum atomic E-state index is -4.02. The lowest BCUT2D eigenvalue weighted by Crippen LogP contribution is -2.47. The molecule has 0 bridgehead atoms. The van der Waals surface area contributed by atoms with Gasteiger partial charge in [-0.3, -0.25) is 14.5 Å². The monoisotopic (exact) mass is 493 g/mol. The predicted octanol–water partition coefficient (Wildman–Crippen LogP) is 3.00. The van der Waals surface area contributed by atoms with Crippen molar-refractivity contribution in [2.45, 2.75) is 10.9 Å². The number of carbonyl (C=O) groups excluding carboxylic acids is 2. The number of nitrogens with zero attached hydrogens (tertiary/aromatic N) is 1. The van der Waals surface area contributed by atoms with E-state index in [4.69, 9.17) is 14.6 Å². The third-order valence-corrected chi connectivity index (χ3v) is 6.17. The number of amides is 2. The minimum absolute atomic E-state index is 0.150. The molecule has 0 radical (unpaired) electrons. The number of benzene rings is 3. The highest BCUT2D eigenvalue weighted by Gasteiger charge is 2.38. The van der Waals surface area contributed by atoms with Gasteiger partial charge in [-0.1, -0.05) is 55.1 Å². The molecule has 1 heterocycles. The molecule has 0 saturated heterocycles. The molecule has 3 aromatic rings. The number of para-hydroxylation sites is 2. The Hall–Kier alpha value is -4.15. The van der Waals surface area contributed by atoms with Crippen LogP contribution in [0.3, 0.4) is 0 Å². The highest BCUT2D eigenvalue weighted by atomic mass is 32.2. The van der Waals surface area contributed by atoms with E-state index in [2.05, 4.69) is 11.9 Å². The zero-order chi connectivity index (χ0) is 25.0. The largest absolute Gasteiger partial charge is 0.486 e. The smallest absolute Gasteiger partial charge is 0.266 e. The summed E-state index contributed by atoms with van der Waals surface area (Å²) in [6, 6.07) is 18.6. The van der Waals surface area contributed by atoms with E-state index in [1.54, 1.807) is 60.7 Å². The Morgan fingerprint density at radius 1 is 1.03 bits per heavy atom. The van der Waals surface area contributed by atoms with Crippen LogP contribution in [0, 0.1) is 0 Å². The Kier molecular flexibility index (Phi) is 6.85. The van der Waals surface area contributed by atoms with Crippen molar-refractivity contribution in [2.75, 3.05) is 23.4 Å². The van der Waals surface area contributed by atoms with Gasteiger partial charge < -0.3 is 14.8 Å². The molecule has 1 atom stereocenters. The van der Waals surface area contributed by atoms with Gasteiger partial charge in [0.25, 0.3) is 11.8 Å². The molecule has 0 aromatic heterocycles. The van der Waals surface area contributed by atoms with E-state index < -0.39 is 34.5 Å². The van der Waals surface area contributed by atoms with Crippen molar-refractivity contribution >= 4 is 33.2 Å². The SMILES string of the molecule is C=CCOc1ccccc1OCC(=O)N1c2ccc(S(N)(=O)=O)cc2NC(=O)C1c1ccccc1. The van der Waals surface area contributed by atoms with Crippen LogP contribution in [-0.4, -0.2) is 33.4 Å². The van der Waals surface area contributed by atoms with Crippen LogP contribution >= 0.6 is 0 Å². The summed E-state index contributed by atoms with van der Waals surface area (Å²) >= 11 is 0. The van der Waals surface area contributed by atoms with E-state index in [-0.39, 0.29) is 17.2 Å². The Bertz CT molecular complexity index is 1370. The van der Waals surface area contributed by atoms with Crippen molar-refractivity contribution in [3.63, 3.8) is 0 Å². The molecule has 0 fully saturated rings. The Morgan fingerprint density at radius 3 is 2.34 bits per heavy atom. The number of ether oxygens (including phenoxy) is 2. The first-order valence-electron chi connectivity index (χ1n) is 10.6. The Labute approximate surface area is 202 Å². The molecule has 2 amide bonds. The fraction of sp³-hybridized carbons (Fsp3) is 0.120. The van der Waals surface area contributed by atoms with Gasteiger partial charge in [0.2, 0.25) is 10.0 Å². The second-order valence-electron chi connectivity index (χ2n) is 7.63. The second-order valence-corrected chi connectivity index (χ2v) is 9.19. The molecule has 0 saturated carbocycles. The third-order valence-electron chi connectivity index (χ3n) is 5.26. The average Bonchev–Trinajstić information content (AvgIpc) is 2.85. The van der Waals surface area contributed by atoms with Crippen LogP contribution in [0.1, 0.15) is 11.6 Å². The van der Waals surface area contributed by atoms with E-state index in [1.165, 1.54) is 23.1 Å². The molecule has 9 nitrogen and oxygen atoms in total. The number of rotatable bonds is 8. The summed E-state index contributed by atoms with van der Waals surface area (Å²) in [5.74, 6) is -0.227. The summed E-state index contributed by atoms with van der Waals surface area (Å²) in [5.41, 5.74) is 1.04. The molecule has 4 rings (SSSR count). The average molecular weight is 494 g/mol. The summed E-state index contributed by atoms with van der Waals surface area (Å²) in [5, 5.41) is 7.93. The standard InChI is InChI=1S/C25H23N3O6S/c1-2-14-33-21-10-6-7-11-22(21)34-16-23(29)28-20-13-12-18(35(26,31)32)15-19(20)27-25(30)24(28)17-8-4-3-5-9-17/h2-13,15,24H,1,14,16H2,(H,27,30)(H2,26,31,32). The summed E-state index contributed by atoms with van der Waals surface area (Å²) in [6.45, 7) is 3.48. The van der Waals surface area contributed by atoms with Crippen molar-refractivity contribution in [1.29, 1.82) is 0 Å². The molecule has 10 heteroatoms. The maximum Gasteiger partial charge on any atom is 0.266 e. The normalized spacial score (nSPS) is 15.1. The number of hydrogen-bond acceptors (Lipinski definition) is 6. The Balaban J connectivity index is 1.70. The quantitative estimate of drug-likeness (QED) is 0.464. The van der Waals surface area contributed by atoms with Crippen molar-refractivity contribution in [3.05, 3.63) is 91.0 Å². The van der Waals surface area contributed by atoms with Gasteiger partial charge in [0.05, 0.1) is 16.3 Å². The van der Waals surface area contributed by atoms with Crippen molar-refractivity contribution in [2.24, 2.45) is 5.14 Å². The number of nitrogens with two attached hydrogens (primary N) is 1. The van der Waals surface area contributed by atoms with Gasteiger partial charge in [0.15, 0.2) is 18.1 Å². The second kappa shape index (κ2) is 10.00. The van der Waals surface area contributed by atoms with E-state index in [0.717, 1.165) is 0 Å². The number of anilines is 2. The number of carbonyl (C=O) groups is 2. The molecule has 0 spiro atoms. The highest BCUT2D eigenvalue weighted by Crippen LogP contribution is 2.39. The minimum Gasteiger partial charge on any atom is -0.486 e. The maximum atomic E-state index is 13.5. The lowest BCUT2D eigenvalue weighted by molar-refractivity contribution is -0.125. The van der Waals surface area contributed by atoms with E-state index >= 15 is 0 Å². The van der Waals surface area contributed by atoms with Crippen molar-refractivity contribution in [1.82, 2.24) is 0 Å². The van der Waals surface area contributed by atoms with Crippen LogP contribution in [0.5, 0.6) is 11.5 Å². The summed E-state index contributed by atoms with van der Waals surface area (Å²) in [7, 11) is -4.02. The summed E-state index contributed by atoms with van der Waals surface area (Å²) in [4.78, 5) is 27.7. The number of nitrogens with one attached hydrogen (secondary N) is 1. The first-order chi connectivity index (χ1) is 16.8. The molecule has 0 aliphatic carbocycles. The van der Waals surface area contributed by atoms with Gasteiger partial charge in [-0.25, -0.2) is 13.6 Å². The van der Waals surface area contributed by atoms with Crippen LogP contribution in [0.15, 0.2) is 90.3 Å². The van der Waals surface area contributed by atoms with Crippen LogP contribution in [0.25, 0.3) is 0 Å². The van der Waals surface area contributed by atoms with Crippen LogP contribution in [0.4, 0.5) is 11.4 Å². The van der Waals surface area contributed by atoms with Gasteiger partial charge >= 0.3 is 0 Å². The number of fused-ring (bicyclic) bond motifs is 1. The van der Waals surface area contributed by atoms with Crippen molar-refractivity contribution in [3.8, 4) is 11.5 Å². The van der Waals surface area contributed by atoms with Crippen LogP contribution in [0.2, 0.25) is 0 Å². The molecule has 3 aromatic carbocycles. The number of hydrogen-bond donors (Lipinski definition) is 2. The molecule has 180 valence electrons. The maximum absolute atomic E-state index is 13.5. The van der Waals surface area contributed by atoms with Gasteiger partial charge in [-0.15, -0.1) is 0 Å². The van der Waals surface area contributed by atoms with Crippen LogP contribution < -0.4 is 24.8 Å². The fourth-order valence-corrected chi connectivity index (χ4v) is 4.26. The summed E-state index contributed by atoms with van der Waals surface area (Å²) < 4.78 is 35.0. The van der Waals surface area contributed by atoms with Gasteiger partial charge in [-0.05, 0) is 35.9 Å². The zero-order valence-electron chi connectivity index (χ0n) is 18.6. The first kappa shape index (κ1) is 24.0. The molecule has 3 N–H and O–H groups in total. The number of primary sulfonamides is 1. The number of sulfonamides is 1. The van der Waals surface area contributed by atoms with Gasteiger partial charge in [0.1, 0.15) is 12.6 Å². The van der Waals surface area contributed by atoms with E-state index in [9.17, 15) is 18.0 Å². The predicted molar refractivity (Wildman–Crippen MR) is 131 cm³/mol.